The molecule has 0 amide bonds. The first-order valence-corrected chi connectivity index (χ1v) is 5.27. The second-order valence-corrected chi connectivity index (χ2v) is 3.41. The Morgan fingerprint density at radius 3 is 2.94 bits per heavy atom. The predicted octanol–water partition coefficient (Wildman–Crippen LogP) is 2.48. The van der Waals surface area contributed by atoms with Crippen LogP contribution in [0.1, 0.15) is 18.9 Å². The molecule has 0 aliphatic carbocycles. The summed E-state index contributed by atoms with van der Waals surface area (Å²) >= 11 is 0. The summed E-state index contributed by atoms with van der Waals surface area (Å²) in [4.78, 5) is 11.1. The summed E-state index contributed by atoms with van der Waals surface area (Å²) in [6.45, 7) is 5.78. The molecule has 86 valence electrons. The summed E-state index contributed by atoms with van der Waals surface area (Å²) in [5, 5.41) is 9.48. The maximum atomic E-state index is 11.1. The molecule has 0 fully saturated rings. The highest BCUT2D eigenvalue weighted by Gasteiger charge is 2.04. The summed E-state index contributed by atoms with van der Waals surface area (Å²) in [5.74, 6) is 0.609. The summed E-state index contributed by atoms with van der Waals surface area (Å²) in [7, 11) is 0. The van der Waals surface area contributed by atoms with Crippen molar-refractivity contribution in [1.29, 1.82) is 0 Å². The number of phenolic OH excluding ortho intramolecular Hbond substituents is 1. The minimum absolute atomic E-state index is 0.0195. The Labute approximate surface area is 95.4 Å². The van der Waals surface area contributed by atoms with Crippen molar-refractivity contribution in [2.75, 3.05) is 6.61 Å². The van der Waals surface area contributed by atoms with Crippen LogP contribution in [-0.4, -0.2) is 17.5 Å². The lowest BCUT2D eigenvalue weighted by atomic mass is 10.1. The van der Waals surface area contributed by atoms with E-state index in [1.165, 1.54) is 6.08 Å². The smallest absolute Gasteiger partial charge is 0.161 e. The Hall–Kier alpha value is -1.77. The van der Waals surface area contributed by atoms with Crippen molar-refractivity contribution >= 4 is 5.78 Å². The van der Waals surface area contributed by atoms with Gasteiger partial charge in [0.15, 0.2) is 17.3 Å². The fourth-order valence-electron chi connectivity index (χ4n) is 1.35. The van der Waals surface area contributed by atoms with E-state index in [-0.39, 0.29) is 11.5 Å². The molecule has 0 bridgehead atoms. The van der Waals surface area contributed by atoms with E-state index >= 15 is 0 Å². The Bertz CT molecular complexity index is 383. The molecule has 0 aliphatic heterocycles. The number of allylic oxidation sites excluding steroid dienone is 1. The Morgan fingerprint density at radius 2 is 2.31 bits per heavy atom. The third-order valence-electron chi connectivity index (χ3n) is 2.21. The van der Waals surface area contributed by atoms with Crippen LogP contribution in [0.15, 0.2) is 30.9 Å². The molecule has 1 N–H and O–H groups in total. The predicted molar refractivity (Wildman–Crippen MR) is 62.8 cm³/mol. The van der Waals surface area contributed by atoms with Gasteiger partial charge in [0.2, 0.25) is 0 Å². The summed E-state index contributed by atoms with van der Waals surface area (Å²) in [5.41, 5.74) is 0.969. The third kappa shape index (κ3) is 3.42. The van der Waals surface area contributed by atoms with Crippen molar-refractivity contribution < 1.29 is 14.6 Å². The Balaban J connectivity index is 2.70. The van der Waals surface area contributed by atoms with Gasteiger partial charge < -0.3 is 9.84 Å². The van der Waals surface area contributed by atoms with Crippen LogP contribution in [0.2, 0.25) is 0 Å². The standard InChI is InChI=1S/C13H16O3/c1-3-11(14)7-5-10-6-8-12(15)13(9-10)16-4-2/h3,6,8-9,15H,1,4-5,7H2,2H3. The van der Waals surface area contributed by atoms with Crippen molar-refractivity contribution in [3.05, 3.63) is 36.4 Å². The van der Waals surface area contributed by atoms with Crippen molar-refractivity contribution in [3.63, 3.8) is 0 Å². The van der Waals surface area contributed by atoms with E-state index in [4.69, 9.17) is 4.74 Å². The lowest BCUT2D eigenvalue weighted by Crippen LogP contribution is -1.97. The molecule has 1 aromatic rings. The van der Waals surface area contributed by atoms with Gasteiger partial charge in [0, 0.05) is 6.42 Å². The fourth-order valence-corrected chi connectivity index (χ4v) is 1.35. The SMILES string of the molecule is C=CC(=O)CCc1ccc(O)c(OCC)c1. The van der Waals surface area contributed by atoms with Crippen LogP contribution in [-0.2, 0) is 11.2 Å². The number of benzene rings is 1. The second kappa shape index (κ2) is 5.95. The molecule has 0 aliphatic rings. The normalized spacial score (nSPS) is 9.81. The van der Waals surface area contributed by atoms with E-state index in [0.717, 1.165) is 5.56 Å². The number of carbonyl (C=O) groups is 1. The minimum atomic E-state index is 0.0195. The van der Waals surface area contributed by atoms with E-state index < -0.39 is 0 Å². The number of hydrogen-bond donors (Lipinski definition) is 1. The average molecular weight is 220 g/mol. The molecule has 0 saturated heterocycles. The monoisotopic (exact) mass is 220 g/mol. The van der Waals surface area contributed by atoms with Gasteiger partial charge in [-0.15, -0.1) is 0 Å². The van der Waals surface area contributed by atoms with Gasteiger partial charge in [-0.3, -0.25) is 4.79 Å². The molecular weight excluding hydrogens is 204 g/mol. The zero-order valence-electron chi connectivity index (χ0n) is 9.40. The van der Waals surface area contributed by atoms with Crippen molar-refractivity contribution in [2.45, 2.75) is 19.8 Å². The molecule has 0 saturated carbocycles. The van der Waals surface area contributed by atoms with Gasteiger partial charge in [-0.25, -0.2) is 0 Å². The molecule has 0 radical (unpaired) electrons. The first-order chi connectivity index (χ1) is 7.67. The Kier molecular flexibility index (Phi) is 4.58. The zero-order chi connectivity index (χ0) is 12.0. The molecule has 1 rings (SSSR count). The highest BCUT2D eigenvalue weighted by atomic mass is 16.5. The van der Waals surface area contributed by atoms with Gasteiger partial charge in [0.05, 0.1) is 6.61 Å². The van der Waals surface area contributed by atoms with Crippen LogP contribution in [0.4, 0.5) is 0 Å². The van der Waals surface area contributed by atoms with E-state index in [0.29, 0.717) is 25.2 Å². The van der Waals surface area contributed by atoms with Gasteiger partial charge in [-0.1, -0.05) is 12.6 Å². The van der Waals surface area contributed by atoms with E-state index in [9.17, 15) is 9.90 Å². The lowest BCUT2D eigenvalue weighted by Gasteiger charge is -2.07. The number of aromatic hydroxyl groups is 1. The molecule has 3 nitrogen and oxygen atoms in total. The number of hydrogen-bond acceptors (Lipinski definition) is 3. The summed E-state index contributed by atoms with van der Waals surface area (Å²) in [6, 6.07) is 5.13. The van der Waals surface area contributed by atoms with Gasteiger partial charge >= 0.3 is 0 Å². The molecule has 0 heterocycles. The molecular formula is C13H16O3. The molecule has 0 spiro atoms. The van der Waals surface area contributed by atoms with Gasteiger partial charge in [0.1, 0.15) is 0 Å². The van der Waals surface area contributed by atoms with E-state index in [1.807, 2.05) is 6.92 Å². The lowest BCUT2D eigenvalue weighted by molar-refractivity contribution is -0.114. The topological polar surface area (TPSA) is 46.5 Å². The van der Waals surface area contributed by atoms with Crippen LogP contribution >= 0.6 is 0 Å². The second-order valence-electron chi connectivity index (χ2n) is 3.41. The molecule has 0 aromatic heterocycles. The Morgan fingerprint density at radius 1 is 1.56 bits per heavy atom. The van der Waals surface area contributed by atoms with E-state index in [2.05, 4.69) is 6.58 Å². The largest absolute Gasteiger partial charge is 0.504 e. The van der Waals surface area contributed by atoms with Gasteiger partial charge in [-0.05, 0) is 37.1 Å². The number of rotatable bonds is 6. The first kappa shape index (κ1) is 12.3. The number of ether oxygens (including phenoxy) is 1. The van der Waals surface area contributed by atoms with Crippen molar-refractivity contribution in [1.82, 2.24) is 0 Å². The van der Waals surface area contributed by atoms with Crippen LogP contribution in [0, 0.1) is 0 Å². The van der Waals surface area contributed by atoms with Crippen LogP contribution in [0.3, 0.4) is 0 Å². The van der Waals surface area contributed by atoms with Crippen LogP contribution in [0.25, 0.3) is 0 Å². The molecule has 0 unspecified atom stereocenters. The van der Waals surface area contributed by atoms with Gasteiger partial charge in [-0.2, -0.15) is 0 Å². The highest BCUT2D eigenvalue weighted by molar-refractivity contribution is 5.89. The average Bonchev–Trinajstić information content (AvgIpc) is 2.30. The molecule has 3 heteroatoms. The van der Waals surface area contributed by atoms with Crippen LogP contribution in [0.5, 0.6) is 11.5 Å². The molecule has 0 atom stereocenters. The van der Waals surface area contributed by atoms with Crippen molar-refractivity contribution in [3.8, 4) is 11.5 Å². The third-order valence-corrected chi connectivity index (χ3v) is 2.21. The zero-order valence-corrected chi connectivity index (χ0v) is 9.40. The summed E-state index contributed by atoms with van der Waals surface area (Å²) in [6.07, 6.45) is 2.38. The minimum Gasteiger partial charge on any atom is -0.504 e. The number of phenols is 1. The maximum absolute atomic E-state index is 11.1. The van der Waals surface area contributed by atoms with Gasteiger partial charge in [0.25, 0.3) is 0 Å². The summed E-state index contributed by atoms with van der Waals surface area (Å²) < 4.78 is 5.26. The highest BCUT2D eigenvalue weighted by Crippen LogP contribution is 2.27. The quantitative estimate of drug-likeness (QED) is 0.749. The molecule has 1 aromatic carbocycles. The number of aryl methyl sites for hydroxylation is 1. The first-order valence-electron chi connectivity index (χ1n) is 5.27. The van der Waals surface area contributed by atoms with E-state index in [1.54, 1.807) is 18.2 Å². The fraction of sp³-hybridized carbons (Fsp3) is 0.308. The van der Waals surface area contributed by atoms with Crippen LogP contribution < -0.4 is 4.74 Å². The number of carbonyl (C=O) groups excluding carboxylic acids is 1. The maximum Gasteiger partial charge on any atom is 0.161 e. The number of ketones is 1. The molecule has 16 heavy (non-hydrogen) atoms. The van der Waals surface area contributed by atoms with Crippen molar-refractivity contribution in [2.24, 2.45) is 0 Å².